The van der Waals surface area contributed by atoms with Crippen LogP contribution < -0.4 is 10.1 Å². The Labute approximate surface area is 104 Å². The minimum atomic E-state index is -3.83. The average Bonchev–Trinajstić information content (AvgIpc) is 2.69. The second kappa shape index (κ2) is 4.41. The van der Waals surface area contributed by atoms with Crippen molar-refractivity contribution in [2.75, 3.05) is 7.11 Å². The zero-order chi connectivity index (χ0) is 13.3. The van der Waals surface area contributed by atoms with E-state index >= 15 is 0 Å². The number of nitrogens with one attached hydrogen (secondary N) is 1. The maximum atomic E-state index is 12.1. The van der Waals surface area contributed by atoms with E-state index in [0.29, 0.717) is 5.75 Å². The lowest BCUT2D eigenvalue weighted by Crippen LogP contribution is -2.30. The number of carbonyl (C=O) groups is 2. The van der Waals surface area contributed by atoms with Crippen LogP contribution in [0.15, 0.2) is 29.2 Å². The summed E-state index contributed by atoms with van der Waals surface area (Å²) in [6.07, 6.45) is -0.326. The molecule has 1 atom stereocenters. The normalized spacial score (nSPS) is 19.7. The first-order chi connectivity index (χ1) is 8.45. The Morgan fingerprint density at radius 3 is 2.28 bits per heavy atom. The highest BCUT2D eigenvalue weighted by molar-refractivity contribution is 7.92. The van der Waals surface area contributed by atoms with Crippen LogP contribution in [-0.4, -0.2) is 32.6 Å². The summed E-state index contributed by atoms with van der Waals surface area (Å²) in [5, 5.41) is 0.649. The number of carbonyl (C=O) groups excluding carboxylic acids is 2. The minimum absolute atomic E-state index is 0.00171. The molecule has 6 nitrogen and oxygen atoms in total. The van der Waals surface area contributed by atoms with Crippen molar-refractivity contribution >= 4 is 21.7 Å². The largest absolute Gasteiger partial charge is 0.497 e. The van der Waals surface area contributed by atoms with Crippen molar-refractivity contribution in [2.24, 2.45) is 0 Å². The quantitative estimate of drug-likeness (QED) is 0.773. The third-order valence-electron chi connectivity index (χ3n) is 2.69. The number of hydrogen-bond acceptors (Lipinski definition) is 5. The second-order valence-electron chi connectivity index (χ2n) is 3.83. The lowest BCUT2D eigenvalue weighted by Gasteiger charge is -2.08. The molecule has 1 aromatic carbocycles. The third kappa shape index (κ3) is 2.08. The molecule has 1 heterocycles. The Balaban J connectivity index is 2.36. The van der Waals surface area contributed by atoms with E-state index in [1.165, 1.54) is 31.4 Å². The van der Waals surface area contributed by atoms with Gasteiger partial charge in [-0.25, -0.2) is 8.42 Å². The van der Waals surface area contributed by atoms with Crippen molar-refractivity contribution < 1.29 is 22.7 Å². The van der Waals surface area contributed by atoms with Gasteiger partial charge in [-0.2, -0.15) is 0 Å². The van der Waals surface area contributed by atoms with Crippen LogP contribution in [0, 0.1) is 0 Å². The van der Waals surface area contributed by atoms with E-state index in [9.17, 15) is 18.0 Å². The summed E-state index contributed by atoms with van der Waals surface area (Å²) in [5.74, 6) is -0.821. The molecule has 0 saturated carbocycles. The summed E-state index contributed by atoms with van der Waals surface area (Å²) in [7, 11) is -2.37. The SMILES string of the molecule is COc1ccc(S(=O)(=O)C2CC(=O)NC2=O)cc1. The molecule has 2 rings (SSSR count). The second-order valence-corrected chi connectivity index (χ2v) is 5.96. The molecule has 1 N–H and O–H groups in total. The Morgan fingerprint density at radius 1 is 1.22 bits per heavy atom. The summed E-state index contributed by atoms with van der Waals surface area (Å²) in [4.78, 5) is 22.4. The molecule has 7 heteroatoms. The van der Waals surface area contributed by atoms with Crippen molar-refractivity contribution in [1.29, 1.82) is 0 Å². The van der Waals surface area contributed by atoms with Crippen molar-refractivity contribution in [3.63, 3.8) is 0 Å². The molecule has 18 heavy (non-hydrogen) atoms. The smallest absolute Gasteiger partial charge is 0.245 e. The van der Waals surface area contributed by atoms with Crippen LogP contribution in [0.25, 0.3) is 0 Å². The van der Waals surface area contributed by atoms with Gasteiger partial charge in [-0.15, -0.1) is 0 Å². The molecule has 96 valence electrons. The van der Waals surface area contributed by atoms with E-state index in [1.807, 2.05) is 5.32 Å². The van der Waals surface area contributed by atoms with Crippen molar-refractivity contribution in [1.82, 2.24) is 5.32 Å². The number of ether oxygens (including phenoxy) is 1. The molecule has 1 aliphatic rings. The molecule has 1 saturated heterocycles. The Hall–Kier alpha value is -1.89. The van der Waals surface area contributed by atoms with Gasteiger partial charge >= 0.3 is 0 Å². The van der Waals surface area contributed by atoms with E-state index in [1.54, 1.807) is 0 Å². The van der Waals surface area contributed by atoms with Crippen LogP contribution in [0.3, 0.4) is 0 Å². The number of sulfone groups is 1. The average molecular weight is 269 g/mol. The highest BCUT2D eigenvalue weighted by atomic mass is 32.2. The van der Waals surface area contributed by atoms with E-state index in [2.05, 4.69) is 0 Å². The molecule has 1 aliphatic heterocycles. The number of amides is 2. The highest BCUT2D eigenvalue weighted by Crippen LogP contribution is 2.23. The van der Waals surface area contributed by atoms with Crippen LogP contribution in [0.1, 0.15) is 6.42 Å². The lowest BCUT2D eigenvalue weighted by atomic mass is 10.3. The fourth-order valence-electron chi connectivity index (χ4n) is 1.71. The minimum Gasteiger partial charge on any atom is -0.497 e. The summed E-state index contributed by atoms with van der Waals surface area (Å²) < 4.78 is 29.2. The third-order valence-corrected chi connectivity index (χ3v) is 4.75. The molecular formula is C11H11NO5S. The van der Waals surface area contributed by atoms with Gasteiger partial charge in [-0.05, 0) is 24.3 Å². The van der Waals surface area contributed by atoms with Crippen LogP contribution in [0.4, 0.5) is 0 Å². The van der Waals surface area contributed by atoms with Gasteiger partial charge in [0.15, 0.2) is 15.1 Å². The molecule has 1 aromatic rings. The van der Waals surface area contributed by atoms with Crippen molar-refractivity contribution in [2.45, 2.75) is 16.6 Å². The number of rotatable bonds is 3. The standard InChI is InChI=1S/C11H11NO5S/c1-17-7-2-4-8(5-3-7)18(15,16)9-6-10(13)12-11(9)14/h2-5,9H,6H2,1H3,(H,12,13,14). The van der Waals surface area contributed by atoms with Gasteiger partial charge in [0.05, 0.1) is 18.4 Å². The fraction of sp³-hybridized carbons (Fsp3) is 0.273. The zero-order valence-electron chi connectivity index (χ0n) is 9.54. The topological polar surface area (TPSA) is 89.5 Å². The lowest BCUT2D eigenvalue weighted by molar-refractivity contribution is -0.124. The summed E-state index contributed by atoms with van der Waals surface area (Å²) in [6, 6.07) is 5.68. The molecule has 2 amide bonds. The van der Waals surface area contributed by atoms with E-state index in [0.717, 1.165) is 0 Å². The summed E-state index contributed by atoms with van der Waals surface area (Å²) in [5.41, 5.74) is 0. The fourth-order valence-corrected chi connectivity index (χ4v) is 3.27. The molecule has 0 aromatic heterocycles. The van der Waals surface area contributed by atoms with Crippen molar-refractivity contribution in [3.8, 4) is 5.75 Å². The van der Waals surface area contributed by atoms with Gasteiger partial charge in [-0.1, -0.05) is 0 Å². The summed E-state index contributed by atoms with van der Waals surface area (Å²) in [6.45, 7) is 0. The van der Waals surface area contributed by atoms with Crippen LogP contribution in [-0.2, 0) is 19.4 Å². The molecule has 1 fully saturated rings. The van der Waals surface area contributed by atoms with Crippen LogP contribution >= 0.6 is 0 Å². The number of benzene rings is 1. The van der Waals surface area contributed by atoms with E-state index < -0.39 is 26.9 Å². The van der Waals surface area contributed by atoms with E-state index in [4.69, 9.17) is 4.74 Å². The molecule has 0 radical (unpaired) electrons. The summed E-state index contributed by atoms with van der Waals surface area (Å²) >= 11 is 0. The molecule has 0 spiro atoms. The number of methoxy groups -OCH3 is 1. The Kier molecular flexibility index (Phi) is 3.08. The predicted molar refractivity (Wildman–Crippen MR) is 61.7 cm³/mol. The molecule has 1 unspecified atom stereocenters. The number of imide groups is 1. The van der Waals surface area contributed by atoms with Gasteiger partial charge in [0.25, 0.3) is 0 Å². The number of hydrogen-bond donors (Lipinski definition) is 1. The van der Waals surface area contributed by atoms with E-state index in [-0.39, 0.29) is 11.3 Å². The maximum Gasteiger partial charge on any atom is 0.245 e. The van der Waals surface area contributed by atoms with Gasteiger partial charge in [0.1, 0.15) is 5.75 Å². The van der Waals surface area contributed by atoms with Gasteiger partial charge in [0, 0.05) is 0 Å². The maximum absolute atomic E-state index is 12.1. The van der Waals surface area contributed by atoms with Gasteiger partial charge in [0.2, 0.25) is 11.8 Å². The Morgan fingerprint density at radius 2 is 1.83 bits per heavy atom. The molecule has 0 bridgehead atoms. The first-order valence-corrected chi connectivity index (χ1v) is 6.71. The van der Waals surface area contributed by atoms with Gasteiger partial charge < -0.3 is 4.74 Å². The first-order valence-electron chi connectivity index (χ1n) is 5.17. The first kappa shape index (κ1) is 12.6. The molecular weight excluding hydrogens is 258 g/mol. The van der Waals surface area contributed by atoms with Gasteiger partial charge in [-0.3, -0.25) is 14.9 Å². The van der Waals surface area contributed by atoms with Crippen molar-refractivity contribution in [3.05, 3.63) is 24.3 Å². The molecule has 0 aliphatic carbocycles. The highest BCUT2D eigenvalue weighted by Gasteiger charge is 2.41. The zero-order valence-corrected chi connectivity index (χ0v) is 10.4. The van der Waals surface area contributed by atoms with Crippen LogP contribution in [0.2, 0.25) is 0 Å². The van der Waals surface area contributed by atoms with Crippen LogP contribution in [0.5, 0.6) is 5.75 Å². The monoisotopic (exact) mass is 269 g/mol. The Bertz CT molecular complexity index is 590. The predicted octanol–water partition coefficient (Wildman–Crippen LogP) is -0.116.